The highest BCUT2D eigenvalue weighted by Crippen LogP contribution is 2.43. The van der Waals surface area contributed by atoms with Crippen LogP contribution in [0.2, 0.25) is 0 Å². The van der Waals surface area contributed by atoms with Crippen LogP contribution in [0.15, 0.2) is 24.3 Å². The largest absolute Gasteiger partial charge is 0.496 e. The van der Waals surface area contributed by atoms with Crippen molar-refractivity contribution in [3.05, 3.63) is 52.9 Å². The summed E-state index contributed by atoms with van der Waals surface area (Å²) in [5.74, 6) is -3.86. The number of anilines is 1. The van der Waals surface area contributed by atoms with Crippen molar-refractivity contribution in [2.75, 3.05) is 19.1 Å². The Bertz CT molecular complexity index is 1440. The molecule has 4 atom stereocenters. The summed E-state index contributed by atoms with van der Waals surface area (Å²) >= 11 is 0. The van der Waals surface area contributed by atoms with Gasteiger partial charge < -0.3 is 24.3 Å². The van der Waals surface area contributed by atoms with Crippen LogP contribution in [-0.4, -0.2) is 52.1 Å². The number of hydrogen-bond donors (Lipinski definition) is 2. The highest BCUT2D eigenvalue weighted by Gasteiger charge is 2.36. The lowest BCUT2D eigenvalue weighted by atomic mass is 9.85. The number of amides is 1. The van der Waals surface area contributed by atoms with Gasteiger partial charge in [0.15, 0.2) is 11.6 Å². The third kappa shape index (κ3) is 4.48. The molecule has 2 N–H and O–H groups in total. The number of aliphatic hydroxyl groups excluding tert-OH is 1. The quantitative estimate of drug-likeness (QED) is 0.459. The number of aliphatic hydroxyl groups is 1. The summed E-state index contributed by atoms with van der Waals surface area (Å²) in [5.41, 5.74) is 2.13. The topological polar surface area (TPSA) is 114 Å². The molecular formula is C28H31F2N3O6. The Labute approximate surface area is 224 Å². The van der Waals surface area contributed by atoms with Crippen LogP contribution < -0.4 is 9.64 Å². The van der Waals surface area contributed by atoms with E-state index in [1.807, 2.05) is 6.92 Å². The Morgan fingerprint density at radius 2 is 1.90 bits per heavy atom. The van der Waals surface area contributed by atoms with E-state index in [2.05, 4.69) is 0 Å². The highest BCUT2D eigenvalue weighted by atomic mass is 19.2. The Hall–Kier alpha value is -3.73. The van der Waals surface area contributed by atoms with Gasteiger partial charge in [0.25, 0.3) is 0 Å². The molecule has 0 spiro atoms. The van der Waals surface area contributed by atoms with Gasteiger partial charge in [0.2, 0.25) is 0 Å². The predicted octanol–water partition coefficient (Wildman–Crippen LogP) is 5.13. The van der Waals surface area contributed by atoms with Gasteiger partial charge in [-0.25, -0.2) is 18.6 Å². The number of imidazole rings is 1. The highest BCUT2D eigenvalue weighted by molar-refractivity contribution is 5.95. The van der Waals surface area contributed by atoms with Gasteiger partial charge in [-0.2, -0.15) is 0 Å². The van der Waals surface area contributed by atoms with Crippen LogP contribution in [0.25, 0.3) is 11.0 Å². The van der Waals surface area contributed by atoms with Gasteiger partial charge in [-0.05, 0) is 63.3 Å². The average molecular weight is 544 g/mol. The number of halogens is 2. The lowest BCUT2D eigenvalue weighted by Crippen LogP contribution is -2.42. The Kier molecular flexibility index (Phi) is 7.19. The molecule has 0 bridgehead atoms. The Morgan fingerprint density at radius 3 is 2.59 bits per heavy atom. The molecule has 3 unspecified atom stereocenters. The minimum absolute atomic E-state index is 0.0419. The zero-order chi connectivity index (χ0) is 28.0. The molecule has 3 aromatic rings. The van der Waals surface area contributed by atoms with Crippen molar-refractivity contribution in [2.24, 2.45) is 5.92 Å². The van der Waals surface area contributed by atoms with Crippen LogP contribution in [0.4, 0.5) is 19.3 Å². The summed E-state index contributed by atoms with van der Waals surface area (Å²) in [6, 6.07) is 5.26. The van der Waals surface area contributed by atoms with Crippen molar-refractivity contribution in [2.45, 2.75) is 63.6 Å². The van der Waals surface area contributed by atoms with Crippen LogP contribution in [0.3, 0.4) is 0 Å². The summed E-state index contributed by atoms with van der Waals surface area (Å²) in [6.45, 7) is 1.92. The van der Waals surface area contributed by atoms with Crippen molar-refractivity contribution in [1.29, 1.82) is 0 Å². The second-order valence-electron chi connectivity index (χ2n) is 10.2. The zero-order valence-corrected chi connectivity index (χ0v) is 22.0. The second kappa shape index (κ2) is 10.4. The maximum Gasteiger partial charge on any atom is 0.414 e. The third-order valence-corrected chi connectivity index (χ3v) is 8.04. The molecule has 9 nitrogen and oxygen atoms in total. The molecule has 11 heteroatoms. The molecule has 1 amide bonds. The monoisotopic (exact) mass is 543 g/mol. The summed E-state index contributed by atoms with van der Waals surface area (Å²) < 4.78 is 41.4. The summed E-state index contributed by atoms with van der Waals surface area (Å²) in [5, 5.41) is 21.3. The van der Waals surface area contributed by atoms with Gasteiger partial charge in [-0.15, -0.1) is 0 Å². The van der Waals surface area contributed by atoms with Crippen LogP contribution in [0, 0.1) is 17.6 Å². The molecular weight excluding hydrogens is 512 g/mol. The molecule has 1 saturated carbocycles. The minimum Gasteiger partial charge on any atom is -0.496 e. The molecule has 208 valence electrons. The van der Waals surface area contributed by atoms with E-state index in [9.17, 15) is 24.2 Å². The van der Waals surface area contributed by atoms with Crippen molar-refractivity contribution in [3.63, 3.8) is 0 Å². The number of hydrogen-bond acceptors (Lipinski definition) is 6. The van der Waals surface area contributed by atoms with Crippen molar-refractivity contribution >= 4 is 28.8 Å². The first-order chi connectivity index (χ1) is 18.7. The van der Waals surface area contributed by atoms with Crippen molar-refractivity contribution in [3.8, 4) is 5.75 Å². The van der Waals surface area contributed by atoms with E-state index in [4.69, 9.17) is 14.5 Å². The fourth-order valence-electron chi connectivity index (χ4n) is 6.10. The fourth-order valence-corrected chi connectivity index (χ4v) is 6.10. The molecule has 1 fully saturated rings. The molecule has 1 aliphatic heterocycles. The average Bonchev–Trinajstić information content (AvgIpc) is 3.33. The summed E-state index contributed by atoms with van der Waals surface area (Å²) in [7, 11) is 2.61. The fraction of sp³-hybridized carbons (Fsp3) is 0.464. The maximum absolute atomic E-state index is 15.1. The molecule has 1 aliphatic carbocycles. The summed E-state index contributed by atoms with van der Waals surface area (Å²) in [4.78, 5) is 30.8. The lowest BCUT2D eigenvalue weighted by molar-refractivity contribution is -0.143. The number of rotatable bonds is 5. The molecule has 0 saturated heterocycles. The van der Waals surface area contributed by atoms with Gasteiger partial charge in [0.1, 0.15) is 17.7 Å². The number of aromatic nitrogens is 2. The standard InChI is InChI=1S/C28H31F2N3O6/c1-14-7-8-17-19(32(14)28(37)39-3)10-11-20-24(17)31-26(33(20)16-6-4-5-15(13-16)27(35)36)25(34)22-21(38-2)12-9-18(29)23(22)30/h9-12,14-16,25,34H,4-8,13H2,1-3H3,(H,35,36)/t14-,15?,16?,25?/m0/s1. The van der Waals surface area contributed by atoms with E-state index in [0.29, 0.717) is 55.2 Å². The van der Waals surface area contributed by atoms with Gasteiger partial charge in [0.05, 0.1) is 42.4 Å². The van der Waals surface area contributed by atoms with Crippen molar-refractivity contribution in [1.82, 2.24) is 9.55 Å². The molecule has 2 heterocycles. The third-order valence-electron chi connectivity index (χ3n) is 8.04. The van der Waals surface area contributed by atoms with E-state index >= 15 is 4.39 Å². The van der Waals surface area contributed by atoms with Crippen LogP contribution >= 0.6 is 0 Å². The number of carboxylic acid groups (broad SMARTS) is 1. The Morgan fingerprint density at radius 1 is 1.13 bits per heavy atom. The number of carboxylic acids is 1. The number of aryl methyl sites for hydroxylation is 1. The molecule has 39 heavy (non-hydrogen) atoms. The maximum atomic E-state index is 15.1. The number of aliphatic carboxylic acids is 1. The first-order valence-corrected chi connectivity index (χ1v) is 13.0. The van der Waals surface area contributed by atoms with E-state index in [1.165, 1.54) is 20.3 Å². The summed E-state index contributed by atoms with van der Waals surface area (Å²) in [6.07, 6.45) is 1.12. The molecule has 1 aromatic heterocycles. The lowest BCUT2D eigenvalue weighted by Gasteiger charge is -2.34. The number of fused-ring (bicyclic) bond motifs is 3. The number of methoxy groups -OCH3 is 2. The van der Waals surface area contributed by atoms with E-state index in [-0.39, 0.29) is 23.7 Å². The predicted molar refractivity (Wildman–Crippen MR) is 138 cm³/mol. The smallest absolute Gasteiger partial charge is 0.414 e. The van der Waals surface area contributed by atoms with Gasteiger partial charge in [-0.1, -0.05) is 6.42 Å². The number of nitrogens with zero attached hydrogens (tertiary/aromatic N) is 3. The second-order valence-corrected chi connectivity index (χ2v) is 10.2. The first-order valence-electron chi connectivity index (χ1n) is 13.0. The zero-order valence-electron chi connectivity index (χ0n) is 22.0. The molecule has 2 aliphatic rings. The van der Waals surface area contributed by atoms with E-state index < -0.39 is 41.3 Å². The van der Waals surface area contributed by atoms with Gasteiger partial charge >= 0.3 is 12.1 Å². The van der Waals surface area contributed by atoms with Crippen LogP contribution in [0.1, 0.15) is 68.1 Å². The first kappa shape index (κ1) is 26.9. The number of benzene rings is 2. The van der Waals surface area contributed by atoms with Crippen LogP contribution in [-0.2, 0) is 16.0 Å². The van der Waals surface area contributed by atoms with E-state index in [1.54, 1.807) is 21.6 Å². The number of carbonyl (C=O) groups is 2. The van der Waals surface area contributed by atoms with Crippen molar-refractivity contribution < 1.29 is 38.1 Å². The molecule has 2 aromatic carbocycles. The van der Waals surface area contributed by atoms with Gasteiger partial charge in [0, 0.05) is 17.6 Å². The normalized spacial score (nSPS) is 21.9. The van der Waals surface area contributed by atoms with Crippen LogP contribution in [0.5, 0.6) is 5.75 Å². The Balaban J connectivity index is 1.74. The number of ether oxygens (including phenoxy) is 2. The minimum atomic E-state index is -1.71. The molecule has 5 rings (SSSR count). The van der Waals surface area contributed by atoms with Gasteiger partial charge in [-0.3, -0.25) is 9.69 Å². The SMILES string of the molecule is COC(=O)N1c2ccc3c(nc(C(O)c4c(OC)ccc(F)c4F)n3C3CCCC(C(=O)O)C3)c2CC[C@@H]1C. The molecule has 0 radical (unpaired) electrons. The number of carbonyl (C=O) groups excluding carboxylic acids is 1. The van der Waals surface area contributed by atoms with E-state index in [0.717, 1.165) is 11.6 Å².